The number of rotatable bonds is 2. The van der Waals surface area contributed by atoms with Crippen LogP contribution in [0.5, 0.6) is 5.75 Å². The Morgan fingerprint density at radius 1 is 1.47 bits per heavy atom. The summed E-state index contributed by atoms with van der Waals surface area (Å²) >= 11 is 1.78. The molecule has 0 bridgehead atoms. The zero-order valence-electron chi connectivity index (χ0n) is 10.1. The second kappa shape index (κ2) is 4.27. The van der Waals surface area contributed by atoms with Crippen molar-refractivity contribution in [3.63, 3.8) is 0 Å². The van der Waals surface area contributed by atoms with Gasteiger partial charge in [0.15, 0.2) is 0 Å². The maximum absolute atomic E-state index is 5.41. The fourth-order valence-corrected chi connectivity index (χ4v) is 3.54. The Hall–Kier alpha value is -1.13. The predicted molar refractivity (Wildman–Crippen MR) is 70.9 cm³/mol. The van der Waals surface area contributed by atoms with Crippen molar-refractivity contribution >= 4 is 21.6 Å². The molecule has 1 aliphatic rings. The van der Waals surface area contributed by atoms with Crippen molar-refractivity contribution in [2.45, 2.75) is 25.8 Å². The molecule has 17 heavy (non-hydrogen) atoms. The maximum atomic E-state index is 5.41. The van der Waals surface area contributed by atoms with Crippen molar-refractivity contribution in [2.75, 3.05) is 13.7 Å². The van der Waals surface area contributed by atoms with Crippen molar-refractivity contribution in [3.05, 3.63) is 22.7 Å². The van der Waals surface area contributed by atoms with E-state index < -0.39 is 0 Å². The van der Waals surface area contributed by atoms with Crippen LogP contribution < -0.4 is 10.1 Å². The molecule has 1 N–H and O–H groups in total. The molecule has 0 aliphatic carbocycles. The lowest BCUT2D eigenvalue weighted by Gasteiger charge is -2.04. The highest BCUT2D eigenvalue weighted by Gasteiger charge is 2.21. The van der Waals surface area contributed by atoms with Crippen molar-refractivity contribution in [1.29, 1.82) is 0 Å². The molecule has 1 saturated heterocycles. The van der Waals surface area contributed by atoms with E-state index in [1.165, 1.54) is 28.1 Å². The number of aromatic nitrogens is 1. The molecule has 0 radical (unpaired) electrons. The molecular formula is C13H16N2OS. The number of ether oxygens (including phenoxy) is 1. The van der Waals surface area contributed by atoms with Gasteiger partial charge in [-0.25, -0.2) is 4.98 Å². The van der Waals surface area contributed by atoms with E-state index in [1.807, 2.05) is 6.07 Å². The van der Waals surface area contributed by atoms with Crippen molar-refractivity contribution < 1.29 is 4.74 Å². The molecule has 3 nitrogen and oxygen atoms in total. The van der Waals surface area contributed by atoms with Crippen LogP contribution >= 0.6 is 11.3 Å². The average Bonchev–Trinajstić information content (AvgIpc) is 2.95. The lowest BCUT2D eigenvalue weighted by atomic mass is 10.2. The number of benzene rings is 1. The van der Waals surface area contributed by atoms with Crippen molar-refractivity contribution in [3.8, 4) is 5.75 Å². The molecular weight excluding hydrogens is 232 g/mol. The molecule has 1 aliphatic heterocycles. The zero-order chi connectivity index (χ0) is 11.8. The summed E-state index contributed by atoms with van der Waals surface area (Å²) in [6.07, 6.45) is 2.44. The molecule has 90 valence electrons. The summed E-state index contributed by atoms with van der Waals surface area (Å²) in [5, 5.41) is 4.69. The zero-order valence-corrected chi connectivity index (χ0v) is 10.9. The van der Waals surface area contributed by atoms with Crippen LogP contribution in [0, 0.1) is 6.92 Å². The first-order valence-corrected chi connectivity index (χ1v) is 6.78. The first kappa shape index (κ1) is 11.0. The third kappa shape index (κ3) is 1.91. The summed E-state index contributed by atoms with van der Waals surface area (Å²) in [6.45, 7) is 3.20. The molecule has 1 fully saturated rings. The molecule has 0 spiro atoms. The molecule has 1 unspecified atom stereocenters. The van der Waals surface area contributed by atoms with Gasteiger partial charge in [-0.2, -0.15) is 0 Å². The fraction of sp³-hybridized carbons (Fsp3) is 0.462. The molecule has 2 aromatic rings. The van der Waals surface area contributed by atoms with Gasteiger partial charge >= 0.3 is 0 Å². The van der Waals surface area contributed by atoms with E-state index >= 15 is 0 Å². The summed E-state index contributed by atoms with van der Waals surface area (Å²) < 4.78 is 6.64. The van der Waals surface area contributed by atoms with E-state index in [2.05, 4.69) is 18.3 Å². The molecule has 2 heterocycles. The van der Waals surface area contributed by atoms with E-state index in [0.29, 0.717) is 6.04 Å². The molecule has 1 aromatic heterocycles. The van der Waals surface area contributed by atoms with Gasteiger partial charge in [-0.3, -0.25) is 0 Å². The predicted octanol–water partition coefficient (Wildman–Crippen LogP) is 3.04. The van der Waals surface area contributed by atoms with Crippen molar-refractivity contribution in [2.24, 2.45) is 0 Å². The van der Waals surface area contributed by atoms with E-state index in [9.17, 15) is 0 Å². The largest absolute Gasteiger partial charge is 0.494 e. The summed E-state index contributed by atoms with van der Waals surface area (Å²) in [7, 11) is 1.71. The van der Waals surface area contributed by atoms with E-state index in [-0.39, 0.29) is 0 Å². The Morgan fingerprint density at radius 3 is 3.06 bits per heavy atom. The third-order valence-electron chi connectivity index (χ3n) is 3.20. The average molecular weight is 248 g/mol. The van der Waals surface area contributed by atoms with Crippen LogP contribution in [0.15, 0.2) is 12.1 Å². The second-order valence-corrected chi connectivity index (χ2v) is 5.58. The third-order valence-corrected chi connectivity index (χ3v) is 4.32. The topological polar surface area (TPSA) is 34.1 Å². The number of thiazole rings is 1. The van der Waals surface area contributed by atoms with Crippen LogP contribution in [0.4, 0.5) is 0 Å². The van der Waals surface area contributed by atoms with Crippen molar-refractivity contribution in [1.82, 2.24) is 10.3 Å². The highest BCUT2D eigenvalue weighted by Crippen LogP contribution is 2.35. The lowest BCUT2D eigenvalue weighted by molar-refractivity contribution is 0.418. The first-order valence-electron chi connectivity index (χ1n) is 5.96. The number of hydrogen-bond acceptors (Lipinski definition) is 4. The highest BCUT2D eigenvalue weighted by molar-refractivity contribution is 7.18. The maximum Gasteiger partial charge on any atom is 0.146 e. The number of aryl methyl sites for hydroxylation is 1. The van der Waals surface area contributed by atoms with Crippen LogP contribution in [0.1, 0.15) is 29.5 Å². The summed E-state index contributed by atoms with van der Waals surface area (Å²) in [6, 6.07) is 4.68. The first-order chi connectivity index (χ1) is 8.28. The molecule has 1 aromatic carbocycles. The number of nitrogens with zero attached hydrogens (tertiary/aromatic N) is 1. The van der Waals surface area contributed by atoms with Crippen LogP contribution in [0.2, 0.25) is 0 Å². The standard InChI is InChI=1S/C13H16N2OS/c1-8-6-10(16-2)12-11(7-8)17-13(15-12)9-4-3-5-14-9/h6-7,9,14H,3-5H2,1-2H3. The quantitative estimate of drug-likeness (QED) is 0.887. The van der Waals surface area contributed by atoms with Gasteiger partial charge in [0.2, 0.25) is 0 Å². The van der Waals surface area contributed by atoms with Crippen LogP contribution in [-0.2, 0) is 0 Å². The van der Waals surface area contributed by atoms with E-state index in [4.69, 9.17) is 9.72 Å². The Kier molecular flexibility index (Phi) is 2.76. The number of nitrogens with one attached hydrogen (secondary N) is 1. The van der Waals surface area contributed by atoms with Crippen LogP contribution in [-0.4, -0.2) is 18.6 Å². The smallest absolute Gasteiger partial charge is 0.146 e. The van der Waals surface area contributed by atoms with Gasteiger partial charge in [-0.15, -0.1) is 11.3 Å². The van der Waals surface area contributed by atoms with E-state index in [0.717, 1.165) is 17.8 Å². The van der Waals surface area contributed by atoms with Gasteiger partial charge in [0, 0.05) is 0 Å². The van der Waals surface area contributed by atoms with Gasteiger partial charge < -0.3 is 10.1 Å². The SMILES string of the molecule is COc1cc(C)cc2sc(C3CCCN3)nc12. The van der Waals surface area contributed by atoms with E-state index in [1.54, 1.807) is 18.4 Å². The Bertz CT molecular complexity index is 544. The summed E-state index contributed by atoms with van der Waals surface area (Å²) in [5.74, 6) is 0.889. The van der Waals surface area contributed by atoms with Gasteiger partial charge in [-0.05, 0) is 44.0 Å². The fourth-order valence-electron chi connectivity index (χ4n) is 2.35. The highest BCUT2D eigenvalue weighted by atomic mass is 32.1. The summed E-state index contributed by atoms with van der Waals surface area (Å²) in [4.78, 5) is 4.74. The van der Waals surface area contributed by atoms with Gasteiger partial charge in [0.1, 0.15) is 16.3 Å². The van der Waals surface area contributed by atoms with Gasteiger partial charge in [0.05, 0.1) is 17.9 Å². The van der Waals surface area contributed by atoms with Crippen LogP contribution in [0.3, 0.4) is 0 Å². The monoisotopic (exact) mass is 248 g/mol. The minimum absolute atomic E-state index is 0.442. The van der Waals surface area contributed by atoms with Gasteiger partial charge in [-0.1, -0.05) is 0 Å². The van der Waals surface area contributed by atoms with Crippen LogP contribution in [0.25, 0.3) is 10.2 Å². The second-order valence-electron chi connectivity index (χ2n) is 4.51. The normalized spacial score (nSPS) is 20.0. The summed E-state index contributed by atoms with van der Waals surface area (Å²) in [5.41, 5.74) is 2.23. The number of hydrogen-bond donors (Lipinski definition) is 1. The molecule has 3 rings (SSSR count). The Balaban J connectivity index is 2.11. The molecule has 1 atom stereocenters. The minimum atomic E-state index is 0.442. The number of fused-ring (bicyclic) bond motifs is 1. The molecule has 4 heteroatoms. The molecule has 0 amide bonds. The Labute approximate surface area is 105 Å². The van der Waals surface area contributed by atoms with Gasteiger partial charge in [0.25, 0.3) is 0 Å². The Morgan fingerprint density at radius 2 is 2.35 bits per heavy atom. The lowest BCUT2D eigenvalue weighted by Crippen LogP contribution is -2.12. The minimum Gasteiger partial charge on any atom is -0.494 e. The molecule has 0 saturated carbocycles. The number of methoxy groups -OCH3 is 1.